The molecular weight excluding hydrogens is 316 g/mol. The van der Waals surface area contributed by atoms with Gasteiger partial charge in [0.05, 0.1) is 19.1 Å². The molecule has 1 aliphatic heterocycles. The predicted octanol–water partition coefficient (Wildman–Crippen LogP) is 1.19. The molecule has 124 valence electrons. The molecule has 0 saturated carbocycles. The van der Waals surface area contributed by atoms with E-state index >= 15 is 0 Å². The summed E-state index contributed by atoms with van der Waals surface area (Å²) in [5.74, 6) is 1.60. The van der Waals surface area contributed by atoms with Gasteiger partial charge in [0.1, 0.15) is 6.61 Å². The Labute approximate surface area is 139 Å². The lowest BCUT2D eigenvalue weighted by atomic mass is 10.2. The second kappa shape index (κ2) is 8.54. The van der Waals surface area contributed by atoms with Crippen LogP contribution in [0.15, 0.2) is 28.4 Å². The molecule has 0 spiro atoms. The zero-order valence-electron chi connectivity index (χ0n) is 13.4. The van der Waals surface area contributed by atoms with E-state index in [2.05, 4.69) is 15.5 Å². The van der Waals surface area contributed by atoms with Gasteiger partial charge in [-0.25, -0.2) is 0 Å². The highest BCUT2D eigenvalue weighted by Gasteiger charge is 2.16. The number of amidine groups is 1. The van der Waals surface area contributed by atoms with Crippen molar-refractivity contribution in [3.63, 3.8) is 0 Å². The number of hydrogen-bond donors (Lipinski definition) is 1. The third-order valence-corrected chi connectivity index (χ3v) is 3.81. The number of benzene rings is 1. The van der Waals surface area contributed by atoms with E-state index in [1.807, 2.05) is 37.2 Å². The number of hydrogen-bond acceptors (Lipinski definition) is 7. The standard InChI is InChI=1S/C15H20N4O3S/c1-19(2)7-8-22-14-11(5-4-6-12(14)21-3)9-16-18-15-17-13(20)10-23-15/h4-6,9H,7-8,10H2,1-3H3,(H,17,18,20). The van der Waals surface area contributed by atoms with Gasteiger partial charge in [-0.15, -0.1) is 5.10 Å². The summed E-state index contributed by atoms with van der Waals surface area (Å²) in [5.41, 5.74) is 0.766. The Kier molecular flexibility index (Phi) is 6.42. The number of para-hydroxylation sites is 1. The van der Waals surface area contributed by atoms with Gasteiger partial charge >= 0.3 is 0 Å². The molecule has 1 saturated heterocycles. The Morgan fingerprint density at radius 1 is 1.43 bits per heavy atom. The monoisotopic (exact) mass is 336 g/mol. The SMILES string of the molecule is COc1cccc(C=NN=C2NC(=O)CS2)c1OCCN(C)C. The molecule has 8 heteroatoms. The van der Waals surface area contributed by atoms with E-state index in [1.54, 1.807) is 13.3 Å². The Morgan fingerprint density at radius 3 is 2.91 bits per heavy atom. The van der Waals surface area contributed by atoms with Gasteiger partial charge in [0.2, 0.25) is 5.91 Å². The van der Waals surface area contributed by atoms with Crippen LogP contribution in [0, 0.1) is 0 Å². The van der Waals surface area contributed by atoms with Gasteiger partial charge < -0.3 is 19.7 Å². The van der Waals surface area contributed by atoms with Gasteiger partial charge in [0, 0.05) is 12.1 Å². The summed E-state index contributed by atoms with van der Waals surface area (Å²) in [6, 6.07) is 5.57. The summed E-state index contributed by atoms with van der Waals surface area (Å²) in [7, 11) is 5.56. The van der Waals surface area contributed by atoms with Crippen molar-refractivity contribution in [2.24, 2.45) is 10.2 Å². The average molecular weight is 336 g/mol. The van der Waals surface area contributed by atoms with Crippen molar-refractivity contribution in [1.29, 1.82) is 0 Å². The molecule has 1 aromatic rings. The first kappa shape index (κ1) is 17.3. The fraction of sp³-hybridized carbons (Fsp3) is 0.400. The molecule has 1 N–H and O–H groups in total. The topological polar surface area (TPSA) is 75.5 Å². The number of likely N-dealkylation sites (N-methyl/N-ethyl adjacent to an activating group) is 1. The van der Waals surface area contributed by atoms with E-state index < -0.39 is 0 Å². The second-order valence-corrected chi connectivity index (χ2v) is 5.98. The first-order valence-corrected chi connectivity index (χ1v) is 8.07. The van der Waals surface area contributed by atoms with Crippen LogP contribution in [-0.2, 0) is 4.79 Å². The van der Waals surface area contributed by atoms with Crippen molar-refractivity contribution in [2.75, 3.05) is 40.1 Å². The molecule has 23 heavy (non-hydrogen) atoms. The Hall–Kier alpha value is -2.06. The maximum absolute atomic E-state index is 11.1. The van der Waals surface area contributed by atoms with Crippen LogP contribution >= 0.6 is 11.8 Å². The van der Waals surface area contributed by atoms with Crippen molar-refractivity contribution in [2.45, 2.75) is 0 Å². The second-order valence-electron chi connectivity index (χ2n) is 5.02. The summed E-state index contributed by atoms with van der Waals surface area (Å²) in [6.07, 6.45) is 1.59. The van der Waals surface area contributed by atoms with Gasteiger partial charge in [-0.05, 0) is 26.2 Å². The minimum atomic E-state index is -0.0574. The number of methoxy groups -OCH3 is 1. The number of carbonyl (C=O) groups is 1. The lowest BCUT2D eigenvalue weighted by Crippen LogP contribution is -2.20. The quantitative estimate of drug-likeness (QED) is 0.598. The molecule has 1 fully saturated rings. The number of rotatable bonds is 7. The molecule has 7 nitrogen and oxygen atoms in total. The number of thioether (sulfide) groups is 1. The van der Waals surface area contributed by atoms with Crippen LogP contribution in [0.4, 0.5) is 0 Å². The number of amides is 1. The molecule has 0 bridgehead atoms. The summed E-state index contributed by atoms with van der Waals surface area (Å²) in [6.45, 7) is 1.33. The molecule has 1 aliphatic rings. The highest BCUT2D eigenvalue weighted by atomic mass is 32.2. The smallest absolute Gasteiger partial charge is 0.236 e. The molecule has 1 heterocycles. The largest absolute Gasteiger partial charge is 0.493 e. The van der Waals surface area contributed by atoms with Gasteiger partial charge in [-0.1, -0.05) is 17.8 Å². The molecule has 0 aliphatic carbocycles. The van der Waals surface area contributed by atoms with Gasteiger partial charge in [-0.3, -0.25) is 4.79 Å². The van der Waals surface area contributed by atoms with Crippen LogP contribution in [0.25, 0.3) is 0 Å². The number of ether oxygens (including phenoxy) is 2. The molecule has 0 aromatic heterocycles. The minimum Gasteiger partial charge on any atom is -0.493 e. The minimum absolute atomic E-state index is 0.0574. The van der Waals surface area contributed by atoms with Gasteiger partial charge in [-0.2, -0.15) is 5.10 Å². The van der Waals surface area contributed by atoms with E-state index in [4.69, 9.17) is 9.47 Å². The third kappa shape index (κ3) is 5.26. The van der Waals surface area contributed by atoms with Crippen LogP contribution in [0.5, 0.6) is 11.5 Å². The fourth-order valence-corrected chi connectivity index (χ4v) is 2.43. The summed E-state index contributed by atoms with van der Waals surface area (Å²) >= 11 is 1.33. The molecular formula is C15H20N4O3S. The lowest BCUT2D eigenvalue weighted by molar-refractivity contribution is -0.116. The molecule has 1 amide bonds. The Bertz CT molecular complexity index is 617. The highest BCUT2D eigenvalue weighted by Crippen LogP contribution is 2.30. The van der Waals surface area contributed by atoms with Crippen LogP contribution in [0.3, 0.4) is 0 Å². The van der Waals surface area contributed by atoms with Crippen molar-refractivity contribution < 1.29 is 14.3 Å². The van der Waals surface area contributed by atoms with Crippen LogP contribution < -0.4 is 14.8 Å². The van der Waals surface area contributed by atoms with E-state index in [-0.39, 0.29) is 5.91 Å². The van der Waals surface area contributed by atoms with E-state index in [0.29, 0.717) is 29.0 Å². The zero-order chi connectivity index (χ0) is 16.7. The van der Waals surface area contributed by atoms with Crippen LogP contribution in [0.1, 0.15) is 5.56 Å². The maximum Gasteiger partial charge on any atom is 0.236 e. The summed E-state index contributed by atoms with van der Waals surface area (Å²) < 4.78 is 11.2. The highest BCUT2D eigenvalue weighted by molar-refractivity contribution is 8.15. The van der Waals surface area contributed by atoms with Crippen molar-refractivity contribution in [3.05, 3.63) is 23.8 Å². The average Bonchev–Trinajstić information content (AvgIpc) is 2.93. The van der Waals surface area contributed by atoms with Crippen LogP contribution in [-0.4, -0.2) is 62.3 Å². The molecule has 2 rings (SSSR count). The normalized spacial score (nSPS) is 16.3. The number of carbonyl (C=O) groups excluding carboxylic acids is 1. The molecule has 0 radical (unpaired) electrons. The first-order chi connectivity index (χ1) is 11.1. The Balaban J connectivity index is 2.11. The van der Waals surface area contributed by atoms with Gasteiger partial charge in [0.25, 0.3) is 0 Å². The third-order valence-electron chi connectivity index (χ3n) is 2.95. The van der Waals surface area contributed by atoms with Crippen LogP contribution in [0.2, 0.25) is 0 Å². The molecule has 0 unspecified atom stereocenters. The van der Waals surface area contributed by atoms with E-state index in [1.165, 1.54) is 11.8 Å². The number of nitrogens with one attached hydrogen (secondary N) is 1. The Morgan fingerprint density at radius 2 is 2.26 bits per heavy atom. The van der Waals surface area contributed by atoms with Crippen molar-refractivity contribution in [3.8, 4) is 11.5 Å². The first-order valence-electron chi connectivity index (χ1n) is 7.08. The fourth-order valence-electron chi connectivity index (χ4n) is 1.80. The maximum atomic E-state index is 11.1. The molecule has 1 aromatic carbocycles. The van der Waals surface area contributed by atoms with Gasteiger partial charge in [0.15, 0.2) is 16.7 Å². The van der Waals surface area contributed by atoms with E-state index in [0.717, 1.165) is 12.1 Å². The van der Waals surface area contributed by atoms with Crippen molar-refractivity contribution >= 4 is 29.1 Å². The lowest BCUT2D eigenvalue weighted by Gasteiger charge is -2.15. The molecule has 0 atom stereocenters. The summed E-state index contributed by atoms with van der Waals surface area (Å²) in [5, 5.41) is 11.1. The zero-order valence-corrected chi connectivity index (χ0v) is 14.2. The number of nitrogens with zero attached hydrogens (tertiary/aromatic N) is 3. The van der Waals surface area contributed by atoms with E-state index in [9.17, 15) is 4.79 Å². The summed E-state index contributed by atoms with van der Waals surface area (Å²) in [4.78, 5) is 13.1. The van der Waals surface area contributed by atoms with Crippen molar-refractivity contribution in [1.82, 2.24) is 10.2 Å². The predicted molar refractivity (Wildman–Crippen MR) is 92.7 cm³/mol.